The number of hydrazone groups is 1. The Balaban J connectivity index is 1.42. The van der Waals surface area contributed by atoms with Crippen molar-refractivity contribution in [3.8, 4) is 0 Å². The van der Waals surface area contributed by atoms with Crippen LogP contribution in [0.25, 0.3) is 0 Å². The fraction of sp³-hybridized carbons (Fsp3) is 0.278. The molecule has 0 spiro atoms. The molecule has 1 aromatic carbocycles. The molecule has 0 bridgehead atoms. The molecule has 0 saturated heterocycles. The van der Waals surface area contributed by atoms with Crippen LogP contribution in [0.15, 0.2) is 53.9 Å². The Hall–Kier alpha value is -2.53. The number of aromatic nitrogens is 1. The average Bonchev–Trinajstić information content (AvgIpc) is 2.61. The number of nitrogens with zero attached hydrogens (tertiary/aromatic N) is 3. The van der Waals surface area contributed by atoms with E-state index >= 15 is 0 Å². The second-order valence-electron chi connectivity index (χ2n) is 5.62. The number of nitrogens with one attached hydrogen (secondary N) is 1. The Bertz CT molecular complexity index is 684. The molecular weight excluding hydrogens is 288 g/mol. The molecule has 0 saturated carbocycles. The second kappa shape index (κ2) is 7.65. The van der Waals surface area contributed by atoms with E-state index in [2.05, 4.69) is 44.7 Å². The number of benzene rings is 1. The Morgan fingerprint density at radius 1 is 1.26 bits per heavy atom. The van der Waals surface area contributed by atoms with Crippen molar-refractivity contribution >= 4 is 12.1 Å². The summed E-state index contributed by atoms with van der Waals surface area (Å²) < 4.78 is 0. The molecule has 3 rings (SSSR count). The van der Waals surface area contributed by atoms with Crippen LogP contribution in [0, 0.1) is 0 Å². The first-order chi connectivity index (χ1) is 11.3. The van der Waals surface area contributed by atoms with Crippen molar-refractivity contribution in [2.45, 2.75) is 19.4 Å². The molecule has 0 radical (unpaired) electrons. The largest absolute Gasteiger partial charge is 0.298 e. The van der Waals surface area contributed by atoms with E-state index in [4.69, 9.17) is 0 Å². The molecular formula is C18H20N4O. The molecule has 5 heteroatoms. The summed E-state index contributed by atoms with van der Waals surface area (Å²) in [5.41, 5.74) is 6.22. The van der Waals surface area contributed by atoms with Gasteiger partial charge in [0, 0.05) is 44.0 Å². The lowest BCUT2D eigenvalue weighted by molar-refractivity contribution is -0.121. The van der Waals surface area contributed by atoms with Gasteiger partial charge in [0.25, 0.3) is 0 Å². The number of carbonyl (C=O) groups excluding carboxylic acids is 1. The van der Waals surface area contributed by atoms with Crippen molar-refractivity contribution < 1.29 is 4.79 Å². The SMILES string of the molecule is O=C(CCN1CCc2ccccc2C1)N/N=C\c1cccnc1. The van der Waals surface area contributed by atoms with Gasteiger partial charge >= 0.3 is 0 Å². The number of amides is 1. The fourth-order valence-corrected chi connectivity index (χ4v) is 2.69. The van der Waals surface area contributed by atoms with Gasteiger partial charge in [0.1, 0.15) is 0 Å². The van der Waals surface area contributed by atoms with E-state index in [1.54, 1.807) is 18.6 Å². The minimum Gasteiger partial charge on any atom is -0.298 e. The molecule has 0 aliphatic carbocycles. The zero-order chi connectivity index (χ0) is 15.9. The summed E-state index contributed by atoms with van der Waals surface area (Å²) in [6, 6.07) is 12.2. The third-order valence-corrected chi connectivity index (χ3v) is 3.95. The highest BCUT2D eigenvalue weighted by Gasteiger charge is 2.16. The summed E-state index contributed by atoms with van der Waals surface area (Å²) in [7, 11) is 0. The van der Waals surface area contributed by atoms with E-state index in [-0.39, 0.29) is 5.91 Å². The molecule has 0 unspecified atom stereocenters. The highest BCUT2D eigenvalue weighted by Crippen LogP contribution is 2.18. The van der Waals surface area contributed by atoms with Crippen LogP contribution in [0.1, 0.15) is 23.1 Å². The standard InChI is InChI=1S/C18H20N4O/c23-18(21-20-13-15-4-3-9-19-12-15)8-11-22-10-7-16-5-1-2-6-17(16)14-22/h1-6,9,12-13H,7-8,10-11,14H2,(H,21,23)/b20-13-. The van der Waals surface area contributed by atoms with E-state index in [9.17, 15) is 4.79 Å². The monoisotopic (exact) mass is 308 g/mol. The van der Waals surface area contributed by atoms with Gasteiger partial charge in [-0.25, -0.2) is 5.43 Å². The maximum Gasteiger partial charge on any atom is 0.241 e. The fourth-order valence-electron chi connectivity index (χ4n) is 2.69. The number of carbonyl (C=O) groups is 1. The Morgan fingerprint density at radius 2 is 2.13 bits per heavy atom. The average molecular weight is 308 g/mol. The molecule has 1 aliphatic rings. The van der Waals surface area contributed by atoms with Gasteiger partial charge < -0.3 is 0 Å². The number of hydrogen-bond donors (Lipinski definition) is 1. The molecule has 2 heterocycles. The molecule has 1 aromatic heterocycles. The van der Waals surface area contributed by atoms with E-state index in [0.717, 1.165) is 31.6 Å². The van der Waals surface area contributed by atoms with Crippen LogP contribution >= 0.6 is 0 Å². The van der Waals surface area contributed by atoms with Gasteiger partial charge in [0.2, 0.25) is 5.91 Å². The van der Waals surface area contributed by atoms with E-state index in [0.29, 0.717) is 6.42 Å². The number of rotatable bonds is 5. The lowest BCUT2D eigenvalue weighted by Gasteiger charge is -2.28. The van der Waals surface area contributed by atoms with Crippen molar-refractivity contribution in [3.05, 3.63) is 65.5 Å². The molecule has 0 atom stereocenters. The Labute approximate surface area is 136 Å². The first-order valence-corrected chi connectivity index (χ1v) is 7.82. The zero-order valence-electron chi connectivity index (χ0n) is 13.0. The predicted octanol–water partition coefficient (Wildman–Crippen LogP) is 1.98. The highest BCUT2D eigenvalue weighted by molar-refractivity contribution is 5.82. The van der Waals surface area contributed by atoms with Gasteiger partial charge in [-0.2, -0.15) is 5.10 Å². The van der Waals surface area contributed by atoms with E-state index in [1.807, 2.05) is 12.1 Å². The van der Waals surface area contributed by atoms with Crippen LogP contribution in [0.4, 0.5) is 0 Å². The molecule has 2 aromatic rings. The predicted molar refractivity (Wildman–Crippen MR) is 90.0 cm³/mol. The normalized spacial score (nSPS) is 14.6. The van der Waals surface area contributed by atoms with Gasteiger partial charge in [0.05, 0.1) is 6.21 Å². The summed E-state index contributed by atoms with van der Waals surface area (Å²) in [4.78, 5) is 18.2. The van der Waals surface area contributed by atoms with Crippen LogP contribution in [-0.4, -0.2) is 35.1 Å². The zero-order valence-corrected chi connectivity index (χ0v) is 13.0. The minimum absolute atomic E-state index is 0.0657. The molecule has 1 amide bonds. The lowest BCUT2D eigenvalue weighted by atomic mass is 10.00. The number of fused-ring (bicyclic) bond motifs is 1. The van der Waals surface area contributed by atoms with Crippen molar-refractivity contribution in [2.24, 2.45) is 5.10 Å². The third-order valence-electron chi connectivity index (χ3n) is 3.95. The van der Waals surface area contributed by atoms with Gasteiger partial charge in [-0.15, -0.1) is 0 Å². The quantitative estimate of drug-likeness (QED) is 0.679. The first-order valence-electron chi connectivity index (χ1n) is 7.82. The lowest BCUT2D eigenvalue weighted by Crippen LogP contribution is -2.33. The van der Waals surface area contributed by atoms with Crippen molar-refractivity contribution in [1.29, 1.82) is 0 Å². The summed E-state index contributed by atoms with van der Waals surface area (Å²) in [5, 5.41) is 3.96. The van der Waals surface area contributed by atoms with Crippen molar-refractivity contribution in [3.63, 3.8) is 0 Å². The summed E-state index contributed by atoms with van der Waals surface area (Å²) >= 11 is 0. The molecule has 1 N–H and O–H groups in total. The first kappa shape index (κ1) is 15.4. The summed E-state index contributed by atoms with van der Waals surface area (Å²) in [5.74, 6) is -0.0657. The topological polar surface area (TPSA) is 57.6 Å². The van der Waals surface area contributed by atoms with Crippen LogP contribution in [0.5, 0.6) is 0 Å². The third kappa shape index (κ3) is 4.47. The summed E-state index contributed by atoms with van der Waals surface area (Å²) in [6.45, 7) is 2.67. The maximum absolute atomic E-state index is 11.9. The van der Waals surface area contributed by atoms with Crippen molar-refractivity contribution in [2.75, 3.05) is 13.1 Å². The van der Waals surface area contributed by atoms with Gasteiger partial charge in [0.15, 0.2) is 0 Å². The molecule has 0 fully saturated rings. The van der Waals surface area contributed by atoms with Gasteiger partial charge in [-0.05, 0) is 23.6 Å². The smallest absolute Gasteiger partial charge is 0.241 e. The molecule has 118 valence electrons. The summed E-state index contributed by atoms with van der Waals surface area (Å²) in [6.07, 6.45) is 6.50. The molecule has 1 aliphatic heterocycles. The number of hydrogen-bond acceptors (Lipinski definition) is 4. The van der Waals surface area contributed by atoms with Crippen molar-refractivity contribution in [1.82, 2.24) is 15.3 Å². The van der Waals surface area contributed by atoms with Gasteiger partial charge in [-0.3, -0.25) is 14.7 Å². The second-order valence-corrected chi connectivity index (χ2v) is 5.62. The van der Waals surface area contributed by atoms with E-state index < -0.39 is 0 Å². The van der Waals surface area contributed by atoms with Crippen LogP contribution in [-0.2, 0) is 17.8 Å². The Morgan fingerprint density at radius 3 is 2.96 bits per heavy atom. The minimum atomic E-state index is -0.0657. The number of pyridine rings is 1. The van der Waals surface area contributed by atoms with E-state index in [1.165, 1.54) is 11.1 Å². The van der Waals surface area contributed by atoms with Crippen LogP contribution in [0.2, 0.25) is 0 Å². The maximum atomic E-state index is 11.9. The van der Waals surface area contributed by atoms with Crippen LogP contribution in [0.3, 0.4) is 0 Å². The van der Waals surface area contributed by atoms with Gasteiger partial charge in [-0.1, -0.05) is 30.3 Å². The molecule has 23 heavy (non-hydrogen) atoms. The highest BCUT2D eigenvalue weighted by atomic mass is 16.2. The van der Waals surface area contributed by atoms with Crippen LogP contribution < -0.4 is 5.43 Å². The molecule has 5 nitrogen and oxygen atoms in total. The Kier molecular flexibility index (Phi) is 5.11.